The molecule has 0 atom stereocenters. The lowest BCUT2D eigenvalue weighted by Gasteiger charge is -1.96. The number of fused-ring (bicyclic) bond motifs is 1. The predicted octanol–water partition coefficient (Wildman–Crippen LogP) is 2.44. The maximum Gasteiger partial charge on any atom is 0.338 e. The summed E-state index contributed by atoms with van der Waals surface area (Å²) in [5, 5.41) is 18.2. The minimum absolute atomic E-state index is 0.0264. The molecule has 0 saturated heterocycles. The van der Waals surface area contributed by atoms with E-state index in [1.165, 1.54) is 18.2 Å². The molecule has 0 unspecified atom stereocenters. The van der Waals surface area contributed by atoms with Crippen LogP contribution in [-0.2, 0) is 0 Å². The van der Waals surface area contributed by atoms with E-state index in [1.54, 1.807) is 0 Å². The number of hydrogen-bond donors (Lipinski definition) is 2. The van der Waals surface area contributed by atoms with Gasteiger partial charge in [-0.05, 0) is 17.5 Å². The van der Waals surface area contributed by atoms with E-state index < -0.39 is 11.8 Å². The zero-order valence-electron chi connectivity index (χ0n) is 6.82. The van der Waals surface area contributed by atoms with E-state index in [2.05, 4.69) is 0 Å². The highest BCUT2D eigenvalue weighted by Gasteiger charge is 2.15. The normalized spacial score (nSPS) is 10.6. The van der Waals surface area contributed by atoms with Gasteiger partial charge in [-0.3, -0.25) is 0 Å². The number of thiophene rings is 1. The number of carboxylic acids is 1. The Morgan fingerprint density at radius 3 is 2.79 bits per heavy atom. The van der Waals surface area contributed by atoms with E-state index in [9.17, 15) is 9.18 Å². The Bertz CT molecular complexity index is 518. The summed E-state index contributed by atoms with van der Waals surface area (Å²) < 4.78 is 13.6. The minimum Gasteiger partial charge on any atom is -0.499 e. The van der Waals surface area contributed by atoms with Gasteiger partial charge in [0.2, 0.25) is 0 Å². The van der Waals surface area contributed by atoms with E-state index in [1.807, 2.05) is 0 Å². The summed E-state index contributed by atoms with van der Waals surface area (Å²) in [5.41, 5.74) is -0.376. The van der Waals surface area contributed by atoms with Gasteiger partial charge in [0.25, 0.3) is 0 Å². The van der Waals surface area contributed by atoms with Crippen LogP contribution in [0.25, 0.3) is 10.1 Å². The van der Waals surface area contributed by atoms with Crippen molar-refractivity contribution in [1.29, 1.82) is 0 Å². The molecular weight excluding hydrogens is 207 g/mol. The summed E-state index contributed by atoms with van der Waals surface area (Å²) in [5.74, 6) is -2.10. The SMILES string of the molecule is O=C(O)c1ccc2cc(O)sc2c1F. The molecule has 0 radical (unpaired) electrons. The average Bonchev–Trinajstić information content (AvgIpc) is 2.46. The number of carboxylic acid groups (broad SMARTS) is 1. The summed E-state index contributed by atoms with van der Waals surface area (Å²) in [6.45, 7) is 0. The molecule has 3 nitrogen and oxygen atoms in total. The van der Waals surface area contributed by atoms with Gasteiger partial charge in [-0.25, -0.2) is 9.18 Å². The number of aromatic hydroxyl groups is 1. The zero-order chi connectivity index (χ0) is 10.3. The summed E-state index contributed by atoms with van der Waals surface area (Å²) in [6.07, 6.45) is 0. The van der Waals surface area contributed by atoms with Crippen molar-refractivity contribution in [2.24, 2.45) is 0 Å². The number of carbonyl (C=O) groups is 1. The van der Waals surface area contributed by atoms with Crippen molar-refractivity contribution in [2.45, 2.75) is 0 Å². The van der Waals surface area contributed by atoms with Gasteiger partial charge < -0.3 is 10.2 Å². The standard InChI is InChI=1S/C9H5FO3S/c10-7-5(9(12)13)2-1-4-3-6(11)14-8(4)7/h1-3,11H,(H,12,13). The van der Waals surface area contributed by atoms with Crippen LogP contribution in [0.3, 0.4) is 0 Å². The number of rotatable bonds is 1. The molecule has 14 heavy (non-hydrogen) atoms. The van der Waals surface area contributed by atoms with Crippen LogP contribution in [0.1, 0.15) is 10.4 Å². The molecule has 0 spiro atoms. The van der Waals surface area contributed by atoms with Crippen LogP contribution < -0.4 is 0 Å². The van der Waals surface area contributed by atoms with Crippen molar-refractivity contribution in [1.82, 2.24) is 0 Å². The molecule has 72 valence electrons. The van der Waals surface area contributed by atoms with Gasteiger partial charge >= 0.3 is 5.97 Å². The van der Waals surface area contributed by atoms with Crippen molar-refractivity contribution >= 4 is 27.4 Å². The van der Waals surface area contributed by atoms with Crippen LogP contribution in [0.5, 0.6) is 5.06 Å². The van der Waals surface area contributed by atoms with Crippen LogP contribution in [0.2, 0.25) is 0 Å². The maximum absolute atomic E-state index is 13.5. The van der Waals surface area contributed by atoms with Crippen molar-refractivity contribution < 1.29 is 19.4 Å². The third kappa shape index (κ3) is 1.22. The van der Waals surface area contributed by atoms with Gasteiger partial charge in [0.05, 0.1) is 10.3 Å². The smallest absolute Gasteiger partial charge is 0.338 e. The largest absolute Gasteiger partial charge is 0.499 e. The fourth-order valence-electron chi connectivity index (χ4n) is 1.22. The van der Waals surface area contributed by atoms with Gasteiger partial charge in [-0.2, -0.15) is 0 Å². The highest BCUT2D eigenvalue weighted by atomic mass is 32.1. The molecule has 2 aromatic rings. The lowest BCUT2D eigenvalue weighted by molar-refractivity contribution is 0.0692. The second-order valence-corrected chi connectivity index (χ2v) is 3.77. The molecule has 0 saturated carbocycles. The molecule has 0 aliphatic carbocycles. The Balaban J connectivity index is 2.80. The van der Waals surface area contributed by atoms with E-state index in [-0.39, 0.29) is 15.3 Å². The van der Waals surface area contributed by atoms with E-state index >= 15 is 0 Å². The Hall–Kier alpha value is -1.62. The Morgan fingerprint density at radius 1 is 1.43 bits per heavy atom. The molecule has 2 N–H and O–H groups in total. The second-order valence-electron chi connectivity index (χ2n) is 2.74. The van der Waals surface area contributed by atoms with E-state index in [0.29, 0.717) is 5.39 Å². The first-order valence-electron chi connectivity index (χ1n) is 3.74. The van der Waals surface area contributed by atoms with Gasteiger partial charge in [0.1, 0.15) is 0 Å². The van der Waals surface area contributed by atoms with Crippen molar-refractivity contribution in [3.05, 3.63) is 29.6 Å². The molecular formula is C9H5FO3S. The minimum atomic E-state index is -1.31. The topological polar surface area (TPSA) is 57.5 Å². The summed E-state index contributed by atoms with van der Waals surface area (Å²) >= 11 is 0.828. The van der Waals surface area contributed by atoms with Crippen LogP contribution in [0, 0.1) is 5.82 Å². The van der Waals surface area contributed by atoms with Gasteiger partial charge in [0, 0.05) is 0 Å². The lowest BCUT2D eigenvalue weighted by Crippen LogP contribution is -1.99. The van der Waals surface area contributed by atoms with E-state index in [4.69, 9.17) is 10.2 Å². The lowest BCUT2D eigenvalue weighted by atomic mass is 10.1. The van der Waals surface area contributed by atoms with Gasteiger partial charge in [-0.15, -0.1) is 0 Å². The number of benzene rings is 1. The molecule has 0 amide bonds. The molecule has 1 heterocycles. The predicted molar refractivity (Wildman–Crippen MR) is 50.4 cm³/mol. The van der Waals surface area contributed by atoms with Gasteiger partial charge in [-0.1, -0.05) is 17.4 Å². The first-order valence-corrected chi connectivity index (χ1v) is 4.55. The van der Waals surface area contributed by atoms with E-state index in [0.717, 1.165) is 11.3 Å². The molecule has 1 aromatic heterocycles. The monoisotopic (exact) mass is 212 g/mol. The van der Waals surface area contributed by atoms with Gasteiger partial charge in [0.15, 0.2) is 10.9 Å². The fourth-order valence-corrected chi connectivity index (χ4v) is 2.06. The third-order valence-electron chi connectivity index (χ3n) is 1.84. The maximum atomic E-state index is 13.5. The summed E-state index contributed by atoms with van der Waals surface area (Å²) in [4.78, 5) is 10.6. The Morgan fingerprint density at radius 2 is 2.14 bits per heavy atom. The molecule has 0 bridgehead atoms. The van der Waals surface area contributed by atoms with Crippen LogP contribution in [0.15, 0.2) is 18.2 Å². The number of aromatic carboxylic acids is 1. The highest BCUT2D eigenvalue weighted by Crippen LogP contribution is 2.33. The summed E-state index contributed by atoms with van der Waals surface area (Å²) in [6, 6.07) is 4.05. The van der Waals surface area contributed by atoms with Crippen molar-refractivity contribution in [3.8, 4) is 5.06 Å². The van der Waals surface area contributed by atoms with Crippen molar-refractivity contribution in [2.75, 3.05) is 0 Å². The molecule has 0 aliphatic heterocycles. The summed E-state index contributed by atoms with van der Waals surface area (Å²) in [7, 11) is 0. The Labute approximate surface area is 82.0 Å². The highest BCUT2D eigenvalue weighted by molar-refractivity contribution is 7.20. The molecule has 2 rings (SSSR count). The van der Waals surface area contributed by atoms with Crippen LogP contribution in [0.4, 0.5) is 4.39 Å². The fraction of sp³-hybridized carbons (Fsp3) is 0. The third-order valence-corrected chi connectivity index (χ3v) is 2.79. The average molecular weight is 212 g/mol. The second kappa shape index (κ2) is 2.95. The first kappa shape index (κ1) is 8.96. The molecule has 1 aromatic carbocycles. The molecule has 0 aliphatic rings. The van der Waals surface area contributed by atoms with Crippen LogP contribution >= 0.6 is 11.3 Å². The molecule has 0 fully saturated rings. The first-order chi connectivity index (χ1) is 6.59. The quantitative estimate of drug-likeness (QED) is 0.763. The Kier molecular flexibility index (Phi) is 1.89. The van der Waals surface area contributed by atoms with Crippen LogP contribution in [-0.4, -0.2) is 16.2 Å². The van der Waals surface area contributed by atoms with Crippen molar-refractivity contribution in [3.63, 3.8) is 0 Å². The zero-order valence-corrected chi connectivity index (χ0v) is 7.64. The number of hydrogen-bond acceptors (Lipinski definition) is 3. The number of halogens is 1. The molecule has 5 heteroatoms.